The van der Waals surface area contributed by atoms with Crippen molar-refractivity contribution in [1.29, 1.82) is 0 Å². The molecule has 0 fully saturated rings. The maximum atomic E-state index is 3.44. The number of hydrogen-bond acceptors (Lipinski definition) is 1. The van der Waals surface area contributed by atoms with Crippen molar-refractivity contribution >= 4 is 0 Å². The van der Waals surface area contributed by atoms with Crippen molar-refractivity contribution in [3.63, 3.8) is 0 Å². The van der Waals surface area contributed by atoms with Crippen LogP contribution in [0.25, 0.3) is 0 Å². The molecule has 0 aromatic heterocycles. The Morgan fingerprint density at radius 3 is 2.00 bits per heavy atom. The lowest BCUT2D eigenvalue weighted by Gasteiger charge is -2.32. The molecule has 0 bridgehead atoms. The standard InChI is InChI=1S/C12H23N/c1-7-8-9-13-12(5,6)10-11(2,3)4/h13H,9-10H2,1-6H3. The minimum Gasteiger partial charge on any atom is -0.301 e. The summed E-state index contributed by atoms with van der Waals surface area (Å²) in [5.41, 5.74) is 0.554. The Morgan fingerprint density at radius 1 is 1.08 bits per heavy atom. The summed E-state index contributed by atoms with van der Waals surface area (Å²) in [5.74, 6) is 5.92. The third-order valence-electron chi connectivity index (χ3n) is 1.80. The second kappa shape index (κ2) is 4.67. The van der Waals surface area contributed by atoms with Crippen LogP contribution in [0, 0.1) is 17.3 Å². The average molecular weight is 181 g/mol. The van der Waals surface area contributed by atoms with Gasteiger partial charge < -0.3 is 5.32 Å². The number of rotatable bonds is 3. The molecule has 0 aliphatic rings. The molecule has 76 valence electrons. The van der Waals surface area contributed by atoms with Gasteiger partial charge in [0.05, 0.1) is 6.54 Å². The van der Waals surface area contributed by atoms with E-state index in [1.165, 1.54) is 0 Å². The molecule has 0 rings (SSSR count). The highest BCUT2D eigenvalue weighted by atomic mass is 14.9. The van der Waals surface area contributed by atoms with Crippen LogP contribution in [0.2, 0.25) is 0 Å². The summed E-state index contributed by atoms with van der Waals surface area (Å²) in [6.07, 6.45) is 1.16. The monoisotopic (exact) mass is 181 g/mol. The first-order chi connectivity index (χ1) is 5.77. The molecule has 1 heteroatoms. The lowest BCUT2D eigenvalue weighted by Crippen LogP contribution is -2.42. The molecule has 0 aliphatic carbocycles. The minimum absolute atomic E-state index is 0.183. The molecule has 13 heavy (non-hydrogen) atoms. The first-order valence-corrected chi connectivity index (χ1v) is 4.91. The molecular formula is C12H23N. The smallest absolute Gasteiger partial charge is 0.0580 e. The van der Waals surface area contributed by atoms with E-state index in [0.29, 0.717) is 5.41 Å². The molecule has 1 N–H and O–H groups in total. The molecular weight excluding hydrogens is 158 g/mol. The van der Waals surface area contributed by atoms with Crippen LogP contribution in [0.1, 0.15) is 48.0 Å². The quantitative estimate of drug-likeness (QED) is 0.660. The van der Waals surface area contributed by atoms with Crippen LogP contribution in [0.5, 0.6) is 0 Å². The first-order valence-electron chi connectivity index (χ1n) is 4.91. The predicted octanol–water partition coefficient (Wildman–Crippen LogP) is 2.81. The highest BCUT2D eigenvalue weighted by Crippen LogP contribution is 2.26. The summed E-state index contributed by atoms with van der Waals surface area (Å²) in [4.78, 5) is 0. The van der Waals surface area contributed by atoms with Gasteiger partial charge in [-0.3, -0.25) is 0 Å². The van der Waals surface area contributed by atoms with E-state index in [1.54, 1.807) is 0 Å². The molecule has 1 nitrogen and oxygen atoms in total. The van der Waals surface area contributed by atoms with Gasteiger partial charge in [-0.2, -0.15) is 0 Å². The van der Waals surface area contributed by atoms with Crippen molar-refractivity contribution in [1.82, 2.24) is 5.32 Å². The zero-order valence-electron chi connectivity index (χ0n) is 9.91. The van der Waals surface area contributed by atoms with Gasteiger partial charge in [-0.1, -0.05) is 26.7 Å². The number of nitrogens with one attached hydrogen (secondary N) is 1. The lowest BCUT2D eigenvalue weighted by molar-refractivity contribution is 0.249. The minimum atomic E-state index is 0.183. The average Bonchev–Trinajstić information content (AvgIpc) is 1.81. The maximum Gasteiger partial charge on any atom is 0.0580 e. The SMILES string of the molecule is CC#CCNC(C)(C)CC(C)(C)C. The van der Waals surface area contributed by atoms with Crippen LogP contribution in [0.15, 0.2) is 0 Å². The van der Waals surface area contributed by atoms with Crippen LogP contribution in [0.3, 0.4) is 0 Å². The zero-order valence-corrected chi connectivity index (χ0v) is 9.91. The summed E-state index contributed by atoms with van der Waals surface area (Å²) in [5, 5.41) is 3.44. The van der Waals surface area contributed by atoms with Gasteiger partial charge in [0.15, 0.2) is 0 Å². The fraction of sp³-hybridized carbons (Fsp3) is 0.833. The zero-order chi connectivity index (χ0) is 10.5. The normalized spacial score (nSPS) is 12.2. The largest absolute Gasteiger partial charge is 0.301 e. The van der Waals surface area contributed by atoms with E-state index in [-0.39, 0.29) is 5.54 Å². The van der Waals surface area contributed by atoms with Gasteiger partial charge in [0.1, 0.15) is 0 Å². The van der Waals surface area contributed by atoms with Gasteiger partial charge in [-0.15, -0.1) is 5.92 Å². The van der Waals surface area contributed by atoms with Gasteiger partial charge in [0, 0.05) is 5.54 Å². The van der Waals surface area contributed by atoms with Crippen molar-refractivity contribution in [3.8, 4) is 11.8 Å². The predicted molar refractivity (Wildman–Crippen MR) is 59.6 cm³/mol. The fourth-order valence-electron chi connectivity index (χ4n) is 1.76. The molecule has 0 saturated carbocycles. The molecule has 0 aliphatic heterocycles. The molecule has 0 atom stereocenters. The molecule has 0 amide bonds. The Kier molecular flexibility index (Phi) is 4.50. The van der Waals surface area contributed by atoms with E-state index in [0.717, 1.165) is 13.0 Å². The van der Waals surface area contributed by atoms with Gasteiger partial charge in [-0.25, -0.2) is 0 Å². The molecule has 0 aromatic rings. The van der Waals surface area contributed by atoms with Crippen molar-refractivity contribution in [2.75, 3.05) is 6.54 Å². The Morgan fingerprint density at radius 2 is 1.62 bits per heavy atom. The molecule has 0 spiro atoms. The van der Waals surface area contributed by atoms with Crippen LogP contribution in [-0.2, 0) is 0 Å². The molecule has 0 saturated heterocycles. The third-order valence-corrected chi connectivity index (χ3v) is 1.80. The van der Waals surface area contributed by atoms with Crippen LogP contribution < -0.4 is 5.32 Å². The van der Waals surface area contributed by atoms with E-state index >= 15 is 0 Å². The van der Waals surface area contributed by atoms with Crippen molar-refractivity contribution in [3.05, 3.63) is 0 Å². The lowest BCUT2D eigenvalue weighted by atomic mass is 9.82. The van der Waals surface area contributed by atoms with E-state index in [2.05, 4.69) is 51.8 Å². The van der Waals surface area contributed by atoms with E-state index < -0.39 is 0 Å². The van der Waals surface area contributed by atoms with Gasteiger partial charge in [-0.05, 0) is 32.6 Å². The summed E-state index contributed by atoms with van der Waals surface area (Å²) in [6, 6.07) is 0. The fourth-order valence-corrected chi connectivity index (χ4v) is 1.76. The third kappa shape index (κ3) is 7.87. The summed E-state index contributed by atoms with van der Waals surface area (Å²) in [7, 11) is 0. The highest BCUT2D eigenvalue weighted by Gasteiger charge is 2.24. The van der Waals surface area contributed by atoms with E-state index in [4.69, 9.17) is 0 Å². The molecule has 0 aromatic carbocycles. The van der Waals surface area contributed by atoms with E-state index in [1.807, 2.05) is 6.92 Å². The summed E-state index contributed by atoms with van der Waals surface area (Å²) < 4.78 is 0. The Balaban J connectivity index is 3.98. The van der Waals surface area contributed by atoms with Crippen molar-refractivity contribution < 1.29 is 0 Å². The second-order valence-corrected chi connectivity index (χ2v) is 5.40. The van der Waals surface area contributed by atoms with Gasteiger partial charge >= 0.3 is 0 Å². The molecule has 0 unspecified atom stereocenters. The highest BCUT2D eigenvalue weighted by molar-refractivity contribution is 4.99. The van der Waals surface area contributed by atoms with Crippen LogP contribution in [0.4, 0.5) is 0 Å². The first kappa shape index (κ1) is 12.5. The topological polar surface area (TPSA) is 12.0 Å². The Labute approximate surface area is 83.3 Å². The van der Waals surface area contributed by atoms with E-state index in [9.17, 15) is 0 Å². The molecule has 0 radical (unpaired) electrons. The van der Waals surface area contributed by atoms with Crippen molar-refractivity contribution in [2.24, 2.45) is 5.41 Å². The summed E-state index contributed by atoms with van der Waals surface area (Å²) in [6.45, 7) is 13.9. The van der Waals surface area contributed by atoms with Crippen molar-refractivity contribution in [2.45, 2.75) is 53.5 Å². The van der Waals surface area contributed by atoms with Gasteiger partial charge in [0.25, 0.3) is 0 Å². The summed E-state index contributed by atoms with van der Waals surface area (Å²) >= 11 is 0. The van der Waals surface area contributed by atoms with Crippen LogP contribution in [-0.4, -0.2) is 12.1 Å². The Bertz CT molecular complexity index is 197. The Hall–Kier alpha value is -0.480. The second-order valence-electron chi connectivity index (χ2n) is 5.40. The van der Waals surface area contributed by atoms with Gasteiger partial charge in [0.2, 0.25) is 0 Å². The number of hydrogen-bond donors (Lipinski definition) is 1. The molecule has 0 heterocycles. The van der Waals surface area contributed by atoms with Crippen LogP contribution >= 0.6 is 0 Å². The maximum absolute atomic E-state index is 3.44.